The Labute approximate surface area is 171 Å². The third kappa shape index (κ3) is 4.41. The van der Waals surface area contributed by atoms with Gasteiger partial charge in [0.05, 0.1) is 0 Å². The molecule has 0 saturated heterocycles. The summed E-state index contributed by atoms with van der Waals surface area (Å²) in [7, 11) is 2.15. The second-order valence-corrected chi connectivity index (χ2v) is 9.68. The van der Waals surface area contributed by atoms with E-state index in [1.807, 2.05) is 85.7 Å². The van der Waals surface area contributed by atoms with Gasteiger partial charge < -0.3 is 14.7 Å². The van der Waals surface area contributed by atoms with Crippen LogP contribution in [0.4, 0.5) is 11.4 Å². The van der Waals surface area contributed by atoms with E-state index in [2.05, 4.69) is 5.32 Å². The van der Waals surface area contributed by atoms with Crippen molar-refractivity contribution < 1.29 is 9.09 Å². The molecule has 0 spiro atoms. The maximum Gasteiger partial charge on any atom is 0.257 e. The monoisotopic (exact) mass is 414 g/mol. The van der Waals surface area contributed by atoms with Crippen molar-refractivity contribution in [3.05, 3.63) is 89.4 Å². The van der Waals surface area contributed by atoms with E-state index in [-0.39, 0.29) is 0 Å². The molecule has 3 aromatic carbocycles. The molecule has 0 aromatic heterocycles. The van der Waals surface area contributed by atoms with Gasteiger partial charge in [0.25, 0.3) is 7.37 Å². The highest BCUT2D eigenvalue weighted by Crippen LogP contribution is 2.58. The zero-order chi connectivity index (χ0) is 20.1. The SMILES string of the molecule is COP(=O)(c1ccc(N(C)C)cc1)C(Nc1ccccc1)c1ccc(Cl)cc1. The molecular formula is C22H24ClN2O2P. The molecule has 0 saturated carbocycles. The molecule has 0 aliphatic heterocycles. The quantitative estimate of drug-likeness (QED) is 0.498. The highest BCUT2D eigenvalue weighted by Gasteiger charge is 2.37. The Hall–Kier alpha value is -2.26. The molecule has 146 valence electrons. The number of rotatable bonds is 7. The Bertz CT molecular complexity index is 945. The molecule has 0 heterocycles. The molecule has 28 heavy (non-hydrogen) atoms. The molecule has 0 radical (unpaired) electrons. The van der Waals surface area contributed by atoms with E-state index in [9.17, 15) is 4.57 Å². The summed E-state index contributed by atoms with van der Waals surface area (Å²) in [4.78, 5) is 2.00. The van der Waals surface area contributed by atoms with Crippen LogP contribution in [0, 0.1) is 0 Å². The number of nitrogens with one attached hydrogen (secondary N) is 1. The molecule has 0 amide bonds. The molecule has 3 rings (SSSR count). The van der Waals surface area contributed by atoms with Crippen LogP contribution in [0.5, 0.6) is 0 Å². The summed E-state index contributed by atoms with van der Waals surface area (Å²) in [6.45, 7) is 0. The molecule has 1 N–H and O–H groups in total. The molecule has 2 atom stereocenters. The van der Waals surface area contributed by atoms with Crippen molar-refractivity contribution in [2.75, 3.05) is 31.4 Å². The first-order valence-electron chi connectivity index (χ1n) is 8.94. The van der Waals surface area contributed by atoms with Crippen LogP contribution in [-0.4, -0.2) is 21.2 Å². The van der Waals surface area contributed by atoms with Crippen molar-refractivity contribution >= 4 is 35.6 Å². The number of hydrogen-bond acceptors (Lipinski definition) is 4. The molecular weight excluding hydrogens is 391 g/mol. The van der Waals surface area contributed by atoms with Crippen molar-refractivity contribution in [1.82, 2.24) is 0 Å². The molecule has 4 nitrogen and oxygen atoms in total. The van der Waals surface area contributed by atoms with Gasteiger partial charge in [0.2, 0.25) is 0 Å². The van der Waals surface area contributed by atoms with Crippen LogP contribution in [0.15, 0.2) is 78.9 Å². The maximum atomic E-state index is 14.1. The molecule has 3 aromatic rings. The van der Waals surface area contributed by atoms with Crippen LogP contribution in [0.3, 0.4) is 0 Å². The van der Waals surface area contributed by atoms with Crippen molar-refractivity contribution in [2.24, 2.45) is 0 Å². The first-order valence-corrected chi connectivity index (χ1v) is 11.0. The molecule has 0 aliphatic carbocycles. The van der Waals surface area contributed by atoms with Gasteiger partial charge in [-0.3, -0.25) is 4.57 Å². The fourth-order valence-corrected chi connectivity index (χ4v) is 5.31. The highest BCUT2D eigenvalue weighted by atomic mass is 35.5. The zero-order valence-corrected chi connectivity index (χ0v) is 17.8. The Morgan fingerprint density at radius 1 is 0.929 bits per heavy atom. The third-order valence-electron chi connectivity index (χ3n) is 4.60. The molecule has 2 unspecified atom stereocenters. The van der Waals surface area contributed by atoms with Gasteiger partial charge in [0.15, 0.2) is 0 Å². The first-order chi connectivity index (χ1) is 13.4. The van der Waals surface area contributed by atoms with Crippen LogP contribution in [0.25, 0.3) is 0 Å². The van der Waals surface area contributed by atoms with Gasteiger partial charge in [-0.05, 0) is 54.1 Å². The average Bonchev–Trinajstić information content (AvgIpc) is 2.73. The smallest absolute Gasteiger partial charge is 0.257 e. The predicted octanol–water partition coefficient (Wildman–Crippen LogP) is 5.77. The van der Waals surface area contributed by atoms with Crippen LogP contribution in [0.1, 0.15) is 11.3 Å². The number of nitrogens with zero attached hydrogens (tertiary/aromatic N) is 1. The number of anilines is 2. The van der Waals surface area contributed by atoms with E-state index in [0.717, 1.165) is 16.9 Å². The van der Waals surface area contributed by atoms with Crippen molar-refractivity contribution in [3.63, 3.8) is 0 Å². The number of hydrogen-bond donors (Lipinski definition) is 1. The standard InChI is InChI=1S/C22H24ClN2O2P/c1-25(2)20-13-15-21(16-14-20)28(26,27-3)22(17-9-11-18(23)12-10-17)24-19-7-5-4-6-8-19/h4-16,22,24H,1-3H3. The Kier molecular flexibility index (Phi) is 6.46. The van der Waals surface area contributed by atoms with E-state index in [0.29, 0.717) is 10.3 Å². The third-order valence-corrected chi connectivity index (χ3v) is 7.52. The minimum Gasteiger partial charge on any atom is -0.378 e. The minimum absolute atomic E-state index is 0.553. The number of halogens is 1. The Morgan fingerprint density at radius 2 is 1.54 bits per heavy atom. The van der Waals surface area contributed by atoms with E-state index < -0.39 is 13.2 Å². The highest BCUT2D eigenvalue weighted by molar-refractivity contribution is 7.67. The molecule has 0 bridgehead atoms. The largest absolute Gasteiger partial charge is 0.378 e. The number of para-hydroxylation sites is 1. The van der Waals surface area contributed by atoms with Gasteiger partial charge in [-0.1, -0.05) is 41.9 Å². The van der Waals surface area contributed by atoms with E-state index >= 15 is 0 Å². The van der Waals surface area contributed by atoms with Crippen LogP contribution in [-0.2, 0) is 9.09 Å². The van der Waals surface area contributed by atoms with Crippen molar-refractivity contribution in [1.29, 1.82) is 0 Å². The summed E-state index contributed by atoms with van der Waals surface area (Å²) in [6, 6.07) is 24.7. The molecule has 0 fully saturated rings. The van der Waals surface area contributed by atoms with Crippen molar-refractivity contribution in [2.45, 2.75) is 5.78 Å². The lowest BCUT2D eigenvalue weighted by molar-refractivity contribution is 0.396. The van der Waals surface area contributed by atoms with Gasteiger partial charge in [0, 0.05) is 42.9 Å². The predicted molar refractivity (Wildman–Crippen MR) is 119 cm³/mol. The van der Waals surface area contributed by atoms with Crippen LogP contribution in [0.2, 0.25) is 5.02 Å². The summed E-state index contributed by atoms with van der Waals surface area (Å²) < 4.78 is 19.8. The summed E-state index contributed by atoms with van der Waals surface area (Å²) in [6.07, 6.45) is 0. The zero-order valence-electron chi connectivity index (χ0n) is 16.2. The Balaban J connectivity index is 2.07. The lowest BCUT2D eigenvalue weighted by Gasteiger charge is -2.29. The Morgan fingerprint density at radius 3 is 2.07 bits per heavy atom. The summed E-state index contributed by atoms with van der Waals surface area (Å²) in [5, 5.41) is 4.69. The topological polar surface area (TPSA) is 41.6 Å². The lowest BCUT2D eigenvalue weighted by Crippen LogP contribution is -2.20. The van der Waals surface area contributed by atoms with Crippen molar-refractivity contribution in [3.8, 4) is 0 Å². The molecule has 6 heteroatoms. The van der Waals surface area contributed by atoms with E-state index in [4.69, 9.17) is 16.1 Å². The van der Waals surface area contributed by atoms with Crippen LogP contribution < -0.4 is 15.5 Å². The fraction of sp³-hybridized carbons (Fsp3) is 0.182. The summed E-state index contributed by atoms with van der Waals surface area (Å²) >= 11 is 6.06. The van der Waals surface area contributed by atoms with Gasteiger partial charge in [-0.15, -0.1) is 0 Å². The maximum absolute atomic E-state index is 14.1. The van der Waals surface area contributed by atoms with Crippen LogP contribution >= 0.6 is 19.0 Å². The second kappa shape index (κ2) is 8.83. The first kappa shape index (κ1) is 20.5. The summed E-state index contributed by atoms with van der Waals surface area (Å²) in [5.74, 6) is -0.553. The normalized spacial score (nSPS) is 14.1. The van der Waals surface area contributed by atoms with Gasteiger partial charge in [-0.2, -0.15) is 0 Å². The molecule has 0 aliphatic rings. The second-order valence-electron chi connectivity index (χ2n) is 6.65. The van der Waals surface area contributed by atoms with Gasteiger partial charge in [-0.25, -0.2) is 0 Å². The van der Waals surface area contributed by atoms with E-state index in [1.54, 1.807) is 12.1 Å². The summed E-state index contributed by atoms with van der Waals surface area (Å²) in [5.41, 5.74) is 2.74. The minimum atomic E-state index is -3.29. The lowest BCUT2D eigenvalue weighted by atomic mass is 10.2. The fourth-order valence-electron chi connectivity index (χ4n) is 3.02. The average molecular weight is 415 g/mol. The van der Waals surface area contributed by atoms with E-state index in [1.165, 1.54) is 7.11 Å². The number of benzene rings is 3. The van der Waals surface area contributed by atoms with Gasteiger partial charge >= 0.3 is 0 Å². The van der Waals surface area contributed by atoms with Gasteiger partial charge in [0.1, 0.15) is 5.78 Å².